The van der Waals surface area contributed by atoms with Crippen LogP contribution in [0.25, 0.3) is 5.65 Å². The Morgan fingerprint density at radius 2 is 2.06 bits per heavy atom. The fourth-order valence-corrected chi connectivity index (χ4v) is 5.25. The van der Waals surface area contributed by atoms with Gasteiger partial charge in [0.05, 0.1) is 5.69 Å². The van der Waals surface area contributed by atoms with Crippen molar-refractivity contribution in [3.8, 4) is 5.75 Å². The summed E-state index contributed by atoms with van der Waals surface area (Å²) >= 11 is 1.81. The number of aryl methyl sites for hydroxylation is 1. The highest BCUT2D eigenvalue weighted by Gasteiger charge is 2.21. The largest absolute Gasteiger partial charge is 0.487 e. The molecule has 0 radical (unpaired) electrons. The Kier molecular flexibility index (Phi) is 6.92. The summed E-state index contributed by atoms with van der Waals surface area (Å²) in [6.45, 7) is 6.34. The zero-order valence-corrected chi connectivity index (χ0v) is 20.3. The molecule has 1 atom stereocenters. The fourth-order valence-electron chi connectivity index (χ4n) is 4.51. The summed E-state index contributed by atoms with van der Waals surface area (Å²) in [6.07, 6.45) is 6.38. The predicted molar refractivity (Wildman–Crippen MR) is 135 cm³/mol. The number of rotatable bonds is 8. The zero-order valence-electron chi connectivity index (χ0n) is 19.4. The normalized spacial score (nSPS) is 16.6. The van der Waals surface area contributed by atoms with Gasteiger partial charge in [0.2, 0.25) is 0 Å². The number of likely N-dealkylation sites (tertiary alicyclic amines) is 1. The van der Waals surface area contributed by atoms with Crippen molar-refractivity contribution in [2.75, 3.05) is 19.6 Å². The molecular formula is C27H30N4O2S. The lowest BCUT2D eigenvalue weighted by atomic mass is 9.98. The number of thiophene rings is 1. The third kappa shape index (κ3) is 5.66. The number of nitrogens with one attached hydrogen (secondary N) is 1. The Morgan fingerprint density at radius 3 is 2.88 bits per heavy atom. The van der Waals surface area contributed by atoms with E-state index in [2.05, 4.69) is 39.6 Å². The number of nitrogens with zero attached hydrogens (tertiary/aromatic N) is 3. The standard InChI is InChI=1S/C27H30N4O2S/c1-20-6-11-26-29-23(17-31(26)15-20)19-33-24-9-7-22(8-10-24)27(32)28-14-21-4-2-12-30(16-21)18-25-5-3-13-34-25/h3,5-11,13,15,17,21H,2,4,12,14,16,18-19H2,1H3,(H,28,32). The van der Waals surface area contributed by atoms with Crippen molar-refractivity contribution in [3.63, 3.8) is 0 Å². The van der Waals surface area contributed by atoms with Crippen LogP contribution in [0, 0.1) is 12.8 Å². The average molecular weight is 475 g/mol. The Morgan fingerprint density at radius 1 is 1.18 bits per heavy atom. The molecule has 1 aliphatic rings. The number of carbonyl (C=O) groups is 1. The molecule has 1 aliphatic heterocycles. The molecule has 0 aliphatic carbocycles. The maximum Gasteiger partial charge on any atom is 0.251 e. The van der Waals surface area contributed by atoms with Crippen molar-refractivity contribution < 1.29 is 9.53 Å². The highest BCUT2D eigenvalue weighted by Crippen LogP contribution is 2.20. The minimum atomic E-state index is -0.0300. The van der Waals surface area contributed by atoms with E-state index in [1.807, 2.05) is 64.5 Å². The minimum Gasteiger partial charge on any atom is -0.487 e. The van der Waals surface area contributed by atoms with E-state index in [0.29, 0.717) is 24.6 Å². The lowest BCUT2D eigenvalue weighted by Crippen LogP contribution is -2.40. The van der Waals surface area contributed by atoms with E-state index >= 15 is 0 Å². The number of fused-ring (bicyclic) bond motifs is 1. The van der Waals surface area contributed by atoms with Gasteiger partial charge in [-0.1, -0.05) is 12.1 Å². The van der Waals surface area contributed by atoms with E-state index in [0.717, 1.165) is 43.1 Å². The SMILES string of the molecule is Cc1ccc2nc(COc3ccc(C(=O)NCC4CCCN(Cc5cccs5)C4)cc3)cn2c1. The van der Waals surface area contributed by atoms with E-state index in [1.165, 1.54) is 16.9 Å². The van der Waals surface area contributed by atoms with E-state index < -0.39 is 0 Å². The molecule has 1 aromatic carbocycles. The van der Waals surface area contributed by atoms with Gasteiger partial charge in [-0.2, -0.15) is 0 Å². The summed E-state index contributed by atoms with van der Waals surface area (Å²) in [5.41, 5.74) is 3.61. The summed E-state index contributed by atoms with van der Waals surface area (Å²) < 4.78 is 7.89. The highest BCUT2D eigenvalue weighted by molar-refractivity contribution is 7.09. The van der Waals surface area contributed by atoms with E-state index in [4.69, 9.17) is 4.74 Å². The lowest BCUT2D eigenvalue weighted by Gasteiger charge is -2.32. The highest BCUT2D eigenvalue weighted by atomic mass is 32.1. The van der Waals surface area contributed by atoms with Gasteiger partial charge in [0.1, 0.15) is 18.0 Å². The molecule has 4 heterocycles. The Balaban J connectivity index is 1.09. The van der Waals surface area contributed by atoms with E-state index in [-0.39, 0.29) is 5.91 Å². The van der Waals surface area contributed by atoms with Gasteiger partial charge in [-0.05, 0) is 79.6 Å². The molecule has 176 valence electrons. The molecule has 1 N–H and O–H groups in total. The van der Waals surface area contributed by atoms with Crippen LogP contribution in [0.4, 0.5) is 0 Å². The Labute approximate surface area is 204 Å². The van der Waals surface area contributed by atoms with Gasteiger partial charge in [0.15, 0.2) is 0 Å². The smallest absolute Gasteiger partial charge is 0.251 e. The second kappa shape index (κ2) is 10.4. The van der Waals surface area contributed by atoms with Crippen molar-refractivity contribution in [2.45, 2.75) is 32.9 Å². The van der Waals surface area contributed by atoms with Crippen molar-refractivity contribution in [1.82, 2.24) is 19.6 Å². The van der Waals surface area contributed by atoms with Gasteiger partial charge < -0.3 is 14.5 Å². The maximum absolute atomic E-state index is 12.7. The van der Waals surface area contributed by atoms with Crippen molar-refractivity contribution >= 4 is 22.9 Å². The van der Waals surface area contributed by atoms with Crippen LogP contribution in [-0.2, 0) is 13.2 Å². The number of hydrogen-bond acceptors (Lipinski definition) is 5. The molecule has 6 nitrogen and oxygen atoms in total. The van der Waals surface area contributed by atoms with Gasteiger partial charge in [0.25, 0.3) is 5.91 Å². The second-order valence-corrected chi connectivity index (χ2v) is 10.1. The number of carbonyl (C=O) groups excluding carboxylic acids is 1. The molecule has 1 fully saturated rings. The van der Waals surface area contributed by atoms with Gasteiger partial charge in [-0.25, -0.2) is 4.98 Å². The molecular weight excluding hydrogens is 444 g/mol. The number of benzene rings is 1. The maximum atomic E-state index is 12.7. The molecule has 1 amide bonds. The molecule has 1 saturated heterocycles. The van der Waals surface area contributed by atoms with Crippen LogP contribution in [-0.4, -0.2) is 39.8 Å². The second-order valence-electron chi connectivity index (χ2n) is 9.05. The molecule has 0 saturated carbocycles. The minimum absolute atomic E-state index is 0.0300. The molecule has 3 aromatic heterocycles. The average Bonchev–Trinajstić information content (AvgIpc) is 3.51. The number of amides is 1. The summed E-state index contributed by atoms with van der Waals surface area (Å²) in [7, 11) is 0. The third-order valence-electron chi connectivity index (χ3n) is 6.27. The van der Waals surface area contributed by atoms with Crippen LogP contribution in [0.1, 0.15) is 39.3 Å². The van der Waals surface area contributed by atoms with E-state index in [9.17, 15) is 4.79 Å². The first kappa shape index (κ1) is 22.6. The number of hydrogen-bond donors (Lipinski definition) is 1. The molecule has 0 spiro atoms. The van der Waals surface area contributed by atoms with Crippen LogP contribution in [0.3, 0.4) is 0 Å². The van der Waals surface area contributed by atoms with Crippen LogP contribution in [0.15, 0.2) is 66.3 Å². The van der Waals surface area contributed by atoms with Crippen molar-refractivity contribution in [1.29, 1.82) is 0 Å². The number of aromatic nitrogens is 2. The summed E-state index contributed by atoms with van der Waals surface area (Å²) in [5, 5.41) is 5.26. The summed E-state index contributed by atoms with van der Waals surface area (Å²) in [5.74, 6) is 1.19. The topological polar surface area (TPSA) is 58.9 Å². The predicted octanol–water partition coefficient (Wildman–Crippen LogP) is 4.93. The third-order valence-corrected chi connectivity index (χ3v) is 7.13. The van der Waals surface area contributed by atoms with Crippen LogP contribution >= 0.6 is 11.3 Å². The molecule has 5 rings (SSSR count). The first-order chi connectivity index (χ1) is 16.6. The number of pyridine rings is 1. The number of imidazole rings is 1. The fraction of sp³-hybridized carbons (Fsp3) is 0.333. The molecule has 34 heavy (non-hydrogen) atoms. The summed E-state index contributed by atoms with van der Waals surface area (Å²) in [4.78, 5) is 21.2. The first-order valence-corrected chi connectivity index (χ1v) is 12.7. The van der Waals surface area contributed by atoms with Crippen LogP contribution in [0.2, 0.25) is 0 Å². The quantitative estimate of drug-likeness (QED) is 0.394. The van der Waals surface area contributed by atoms with Crippen molar-refractivity contribution in [2.24, 2.45) is 5.92 Å². The van der Waals surface area contributed by atoms with Crippen LogP contribution in [0.5, 0.6) is 5.75 Å². The van der Waals surface area contributed by atoms with Gasteiger partial charge in [0, 0.05) is 42.5 Å². The molecule has 1 unspecified atom stereocenters. The first-order valence-electron chi connectivity index (χ1n) is 11.8. The summed E-state index contributed by atoms with van der Waals surface area (Å²) in [6, 6.07) is 15.7. The van der Waals surface area contributed by atoms with Crippen molar-refractivity contribution in [3.05, 3.63) is 88.0 Å². The van der Waals surface area contributed by atoms with Gasteiger partial charge in [-0.3, -0.25) is 9.69 Å². The number of ether oxygens (including phenoxy) is 1. The monoisotopic (exact) mass is 474 g/mol. The Bertz CT molecular complexity index is 1230. The number of piperidine rings is 1. The van der Waals surface area contributed by atoms with E-state index in [1.54, 1.807) is 0 Å². The lowest BCUT2D eigenvalue weighted by molar-refractivity contribution is 0.0931. The van der Waals surface area contributed by atoms with Gasteiger partial charge >= 0.3 is 0 Å². The molecule has 7 heteroatoms. The van der Waals surface area contributed by atoms with Crippen LogP contribution < -0.4 is 10.1 Å². The molecule has 0 bridgehead atoms. The zero-order chi connectivity index (χ0) is 23.3. The molecule has 4 aromatic rings. The Hall–Kier alpha value is -3.16. The van der Waals surface area contributed by atoms with Gasteiger partial charge in [-0.15, -0.1) is 11.3 Å².